The van der Waals surface area contributed by atoms with Gasteiger partial charge in [0.2, 0.25) is 0 Å². The molecule has 0 radical (unpaired) electrons. The number of phenols is 2. The average molecular weight is 639 g/mol. The third kappa shape index (κ3) is 6.34. The van der Waals surface area contributed by atoms with Crippen molar-refractivity contribution >= 4 is 73.4 Å². The molecule has 0 saturated carbocycles. The van der Waals surface area contributed by atoms with Gasteiger partial charge in [0.25, 0.3) is 40.5 Å². The number of rotatable bonds is 4. The maximum absolute atomic E-state index is 11.3. The highest BCUT2D eigenvalue weighted by molar-refractivity contribution is 7.86. The first-order valence-corrected chi connectivity index (χ1v) is 15.8. The third-order valence-electron chi connectivity index (χ3n) is 5.23. The number of benzene rings is 4. The normalized spacial score (nSPS) is 12.7. The van der Waals surface area contributed by atoms with Gasteiger partial charge in [-0.1, -0.05) is 0 Å². The molecule has 4 rings (SSSR count). The van der Waals surface area contributed by atoms with Crippen LogP contribution in [0.5, 0.6) is 11.5 Å². The monoisotopic (exact) mass is 638 g/mol. The lowest BCUT2D eigenvalue weighted by molar-refractivity contribution is 0.470. The molecule has 10 N–H and O–H groups in total. The predicted octanol–water partition coefficient (Wildman–Crippen LogP) is 1.24. The molecule has 0 saturated heterocycles. The van der Waals surface area contributed by atoms with Crippen molar-refractivity contribution in [2.45, 2.75) is 19.6 Å². The van der Waals surface area contributed by atoms with Gasteiger partial charge in [-0.2, -0.15) is 33.7 Å². The van der Waals surface area contributed by atoms with E-state index in [9.17, 15) is 43.9 Å². The fourth-order valence-electron chi connectivity index (χ4n) is 3.55. The summed E-state index contributed by atoms with van der Waals surface area (Å²) in [5.41, 5.74) is 10.3. The molecule has 216 valence electrons. The smallest absolute Gasteiger partial charge is 0.297 e. The van der Waals surface area contributed by atoms with E-state index in [1.165, 1.54) is 6.07 Å². The minimum Gasteiger partial charge on any atom is -0.507 e. The van der Waals surface area contributed by atoms with Crippen LogP contribution in [0.15, 0.2) is 68.1 Å². The maximum atomic E-state index is 11.3. The molecule has 0 spiro atoms. The molecule has 4 aromatic rings. The first-order chi connectivity index (χ1) is 18.0. The average Bonchev–Trinajstić information content (AvgIpc) is 2.76. The second kappa shape index (κ2) is 10.0. The number of nitrogens with two attached hydrogens (primary N) is 2. The number of phenolic OH excluding ortho intramolecular Hbond substituents is 2. The zero-order valence-electron chi connectivity index (χ0n) is 19.4. The van der Waals surface area contributed by atoms with Crippen molar-refractivity contribution in [2.24, 2.45) is 0 Å². The Morgan fingerprint density at radius 2 is 1.00 bits per heavy atom. The van der Waals surface area contributed by atoms with Crippen LogP contribution in [0.25, 0.3) is 21.5 Å². The van der Waals surface area contributed by atoms with E-state index in [0.717, 1.165) is 42.5 Å². The van der Waals surface area contributed by atoms with Crippen molar-refractivity contribution in [3.8, 4) is 11.5 Å². The van der Waals surface area contributed by atoms with Gasteiger partial charge in [-0.05, 0) is 41.8 Å². The molecule has 0 bridgehead atoms. The zero-order valence-corrected chi connectivity index (χ0v) is 22.6. The van der Waals surface area contributed by atoms with Crippen LogP contribution in [-0.4, -0.2) is 62.1 Å². The summed E-state index contributed by atoms with van der Waals surface area (Å²) in [5.74, 6) is -1.09. The Morgan fingerprint density at radius 1 is 0.500 bits per heavy atom. The molecule has 0 aromatic heterocycles. The van der Waals surface area contributed by atoms with Crippen LogP contribution in [0.1, 0.15) is 0 Å². The highest BCUT2D eigenvalue weighted by Crippen LogP contribution is 2.36. The molecule has 0 aliphatic heterocycles. The van der Waals surface area contributed by atoms with E-state index in [4.69, 9.17) is 29.7 Å². The molecule has 4 aromatic carbocycles. The van der Waals surface area contributed by atoms with Crippen LogP contribution in [0.2, 0.25) is 0 Å². The zero-order chi connectivity index (χ0) is 30.6. The summed E-state index contributed by atoms with van der Waals surface area (Å²) in [4.78, 5) is -2.71. The van der Waals surface area contributed by atoms with Gasteiger partial charge in [-0.25, -0.2) is 0 Å². The highest BCUT2D eigenvalue weighted by atomic mass is 32.2. The first kappa shape index (κ1) is 30.8. The number of hydrogen-bond acceptors (Lipinski definition) is 12. The largest absolute Gasteiger partial charge is 0.507 e. The standard InChI is InChI=1S/2C10H9NO7S2/c11-8-4-7-5(2-10(8)20(16,17)18)1-6(3-9(7)12)19(13,14)15;11-8-2-1-6-7(10(8)20(16,17)18)3-5(4-9(6)12)19(13,14)15/h2*1-4,12H,11H2,(H,13,14,15)(H,16,17,18). The van der Waals surface area contributed by atoms with Crippen LogP contribution < -0.4 is 11.5 Å². The minimum atomic E-state index is -4.75. The Kier molecular flexibility index (Phi) is 7.70. The first-order valence-electron chi connectivity index (χ1n) is 10.0. The maximum Gasteiger partial charge on any atom is 0.297 e. The number of anilines is 2. The van der Waals surface area contributed by atoms with Crippen molar-refractivity contribution in [1.82, 2.24) is 0 Å². The second-order valence-electron chi connectivity index (χ2n) is 7.98. The topological polar surface area (TPSA) is 310 Å². The van der Waals surface area contributed by atoms with Crippen LogP contribution in [0, 0.1) is 0 Å². The highest BCUT2D eigenvalue weighted by Gasteiger charge is 2.22. The molecule has 0 amide bonds. The van der Waals surface area contributed by atoms with Crippen molar-refractivity contribution in [3.05, 3.63) is 48.5 Å². The Hall–Kier alpha value is -3.76. The Balaban J connectivity index is 0.000000220. The Labute approximate surface area is 226 Å². The lowest BCUT2D eigenvalue weighted by atomic mass is 10.1. The molecule has 0 aliphatic carbocycles. The summed E-state index contributed by atoms with van der Waals surface area (Å²) < 4.78 is 125. The van der Waals surface area contributed by atoms with Gasteiger partial charge in [0.1, 0.15) is 21.3 Å². The lowest BCUT2D eigenvalue weighted by Gasteiger charge is -2.10. The summed E-state index contributed by atoms with van der Waals surface area (Å²) in [6.45, 7) is 0. The molecule has 40 heavy (non-hydrogen) atoms. The van der Waals surface area contributed by atoms with Crippen molar-refractivity contribution in [1.29, 1.82) is 0 Å². The van der Waals surface area contributed by atoms with Gasteiger partial charge < -0.3 is 21.7 Å². The van der Waals surface area contributed by atoms with Gasteiger partial charge in [0.05, 0.1) is 21.2 Å². The summed E-state index contributed by atoms with van der Waals surface area (Å²) in [7, 11) is -18.6. The second-order valence-corrected chi connectivity index (χ2v) is 13.6. The predicted molar refractivity (Wildman–Crippen MR) is 139 cm³/mol. The van der Waals surface area contributed by atoms with Crippen molar-refractivity contribution in [3.63, 3.8) is 0 Å². The van der Waals surface area contributed by atoms with E-state index in [-0.39, 0.29) is 32.9 Å². The number of aromatic hydroxyl groups is 2. The summed E-state index contributed by atoms with van der Waals surface area (Å²) in [6, 6.07) is 7.64. The van der Waals surface area contributed by atoms with Crippen molar-refractivity contribution < 1.29 is 62.1 Å². The quantitative estimate of drug-likeness (QED) is 0.115. The van der Waals surface area contributed by atoms with Gasteiger partial charge >= 0.3 is 0 Å². The molecule has 20 heteroatoms. The fraction of sp³-hybridized carbons (Fsp3) is 0. The van der Waals surface area contributed by atoms with E-state index < -0.39 is 71.6 Å². The van der Waals surface area contributed by atoms with Crippen LogP contribution in [-0.2, 0) is 40.5 Å². The van der Waals surface area contributed by atoms with Crippen molar-refractivity contribution in [2.75, 3.05) is 11.5 Å². The van der Waals surface area contributed by atoms with E-state index in [1.807, 2.05) is 0 Å². The van der Waals surface area contributed by atoms with E-state index in [0.29, 0.717) is 0 Å². The van der Waals surface area contributed by atoms with Gasteiger partial charge in [-0.15, -0.1) is 0 Å². The van der Waals surface area contributed by atoms with E-state index in [2.05, 4.69) is 0 Å². The van der Waals surface area contributed by atoms with E-state index >= 15 is 0 Å². The number of fused-ring (bicyclic) bond motifs is 2. The molecule has 16 nitrogen and oxygen atoms in total. The van der Waals surface area contributed by atoms with Gasteiger partial charge in [0, 0.05) is 28.3 Å². The molecule has 0 aliphatic rings. The number of hydrogen-bond donors (Lipinski definition) is 8. The van der Waals surface area contributed by atoms with E-state index in [1.54, 1.807) is 0 Å². The molecule has 0 heterocycles. The molecular weight excluding hydrogens is 620 g/mol. The lowest BCUT2D eigenvalue weighted by Crippen LogP contribution is -2.05. The van der Waals surface area contributed by atoms with Crippen LogP contribution >= 0.6 is 0 Å². The SMILES string of the molecule is Nc1cc2c(O)cc(S(=O)(=O)O)cc2cc1S(=O)(=O)O.Nc1ccc2c(O)cc(S(=O)(=O)O)cc2c1S(=O)(=O)O. The Morgan fingerprint density at radius 3 is 1.48 bits per heavy atom. The molecular formula is C20H18N2O14S4. The van der Waals surface area contributed by atoms with Crippen LogP contribution in [0.4, 0.5) is 11.4 Å². The van der Waals surface area contributed by atoms with Crippen LogP contribution in [0.3, 0.4) is 0 Å². The van der Waals surface area contributed by atoms with Gasteiger partial charge in [0.15, 0.2) is 0 Å². The van der Waals surface area contributed by atoms with Gasteiger partial charge in [-0.3, -0.25) is 18.2 Å². The summed E-state index contributed by atoms with van der Waals surface area (Å²) in [5, 5.41) is 19.1. The fourth-order valence-corrected chi connectivity index (χ4v) is 6.06. The Bertz CT molecular complexity index is 2140. The number of nitrogen functional groups attached to an aromatic ring is 2. The molecule has 0 fully saturated rings. The molecule has 0 atom stereocenters. The third-order valence-corrected chi connectivity index (χ3v) is 8.78. The summed E-state index contributed by atoms with van der Waals surface area (Å²) in [6.07, 6.45) is 0. The molecule has 0 unspecified atom stereocenters. The minimum absolute atomic E-state index is 0.0283. The summed E-state index contributed by atoms with van der Waals surface area (Å²) >= 11 is 0.